The highest BCUT2D eigenvalue weighted by Crippen LogP contribution is 2.05. The number of pyridine rings is 2. The summed E-state index contributed by atoms with van der Waals surface area (Å²) >= 11 is 0. The van der Waals surface area contributed by atoms with Crippen molar-refractivity contribution in [1.82, 2.24) is 19.6 Å². The van der Waals surface area contributed by atoms with E-state index in [1.54, 1.807) is 42.7 Å². The Morgan fingerprint density at radius 3 is 2.22 bits per heavy atom. The summed E-state index contributed by atoms with van der Waals surface area (Å²) in [6.07, 6.45) is 4.28. The zero-order valence-corrected chi connectivity index (χ0v) is 13.5. The number of nitrogens with one attached hydrogen (secondary N) is 1. The fraction of sp³-hybridized carbons (Fsp3) is 0.267. The van der Waals surface area contributed by atoms with Gasteiger partial charge in [-0.1, -0.05) is 12.1 Å². The maximum atomic E-state index is 12.0. The first kappa shape index (κ1) is 17.0. The monoisotopic (exact) mass is 334 g/mol. The van der Waals surface area contributed by atoms with E-state index >= 15 is 0 Å². The summed E-state index contributed by atoms with van der Waals surface area (Å²) in [7, 11) is -3.52. The summed E-state index contributed by atoms with van der Waals surface area (Å²) < 4.78 is 24.8. The van der Waals surface area contributed by atoms with Crippen molar-refractivity contribution in [3.8, 4) is 0 Å². The van der Waals surface area contributed by atoms with Crippen molar-refractivity contribution in [3.63, 3.8) is 0 Å². The molecule has 0 fully saturated rings. The van der Waals surface area contributed by atoms with Gasteiger partial charge in [0, 0.05) is 12.4 Å². The molecule has 0 bridgehead atoms. The second-order valence-electron chi connectivity index (χ2n) is 4.95. The molecule has 2 rings (SSSR count). The Morgan fingerprint density at radius 2 is 1.70 bits per heavy atom. The predicted molar refractivity (Wildman–Crippen MR) is 85.6 cm³/mol. The minimum atomic E-state index is -3.52. The number of nitrogens with zero attached hydrogens (tertiary/aromatic N) is 3. The Labute approximate surface area is 135 Å². The fourth-order valence-electron chi connectivity index (χ4n) is 1.87. The fourth-order valence-corrected chi connectivity index (χ4v) is 2.59. The molecule has 0 saturated carbocycles. The van der Waals surface area contributed by atoms with Crippen LogP contribution in [0.4, 0.5) is 0 Å². The lowest BCUT2D eigenvalue weighted by Crippen LogP contribution is -2.39. The van der Waals surface area contributed by atoms with Crippen LogP contribution < -0.4 is 5.32 Å². The minimum absolute atomic E-state index is 0.0523. The Balaban J connectivity index is 1.96. The molecule has 2 aromatic heterocycles. The van der Waals surface area contributed by atoms with Crippen molar-refractivity contribution >= 4 is 15.9 Å². The van der Waals surface area contributed by atoms with Gasteiger partial charge in [0.25, 0.3) is 0 Å². The normalized spacial score (nSPS) is 11.4. The summed E-state index contributed by atoms with van der Waals surface area (Å²) in [5.74, 6) is -0.392. The Bertz CT molecular complexity index is 736. The van der Waals surface area contributed by atoms with Gasteiger partial charge < -0.3 is 5.32 Å². The summed E-state index contributed by atoms with van der Waals surface area (Å²) in [5.41, 5.74) is 1.28. The lowest BCUT2D eigenvalue weighted by molar-refractivity contribution is -0.121. The largest absolute Gasteiger partial charge is 0.349 e. The summed E-state index contributed by atoms with van der Waals surface area (Å²) in [4.78, 5) is 20.2. The van der Waals surface area contributed by atoms with E-state index in [1.807, 2.05) is 6.07 Å². The number of amides is 1. The number of aromatic nitrogens is 2. The van der Waals surface area contributed by atoms with Gasteiger partial charge in [-0.25, -0.2) is 8.42 Å². The van der Waals surface area contributed by atoms with Gasteiger partial charge in [-0.15, -0.1) is 0 Å². The van der Waals surface area contributed by atoms with Crippen molar-refractivity contribution in [2.75, 3.05) is 12.8 Å². The topological polar surface area (TPSA) is 92.3 Å². The molecular weight excluding hydrogens is 316 g/mol. The first-order valence-corrected chi connectivity index (χ1v) is 8.81. The van der Waals surface area contributed by atoms with E-state index in [2.05, 4.69) is 15.3 Å². The molecule has 0 aliphatic rings. The van der Waals surface area contributed by atoms with Crippen LogP contribution in [-0.4, -0.2) is 41.4 Å². The molecule has 23 heavy (non-hydrogen) atoms. The molecule has 0 aromatic carbocycles. The third kappa shape index (κ3) is 5.76. The molecule has 0 atom stereocenters. The summed E-state index contributed by atoms with van der Waals surface area (Å²) in [5, 5.41) is 2.66. The van der Waals surface area contributed by atoms with Gasteiger partial charge >= 0.3 is 0 Å². The van der Waals surface area contributed by atoms with Crippen LogP contribution in [0.5, 0.6) is 0 Å². The molecule has 0 aliphatic heterocycles. The third-order valence-corrected chi connectivity index (χ3v) is 4.24. The second-order valence-corrected chi connectivity index (χ2v) is 6.93. The predicted octanol–water partition coefficient (Wildman–Crippen LogP) is 0.555. The van der Waals surface area contributed by atoms with Crippen LogP contribution in [0.2, 0.25) is 0 Å². The van der Waals surface area contributed by atoms with Crippen molar-refractivity contribution < 1.29 is 13.2 Å². The second kappa shape index (κ2) is 7.80. The molecule has 0 saturated heterocycles. The standard InChI is InChI=1S/C15H18N4O3S/c1-23(21,22)19(11-14-7-3-5-9-17-14)12-15(20)18-10-13-6-2-4-8-16-13/h2-9H,10-12H2,1H3,(H,18,20). The minimum Gasteiger partial charge on any atom is -0.349 e. The highest BCUT2D eigenvalue weighted by atomic mass is 32.2. The average Bonchev–Trinajstić information content (AvgIpc) is 2.53. The molecule has 7 nitrogen and oxygen atoms in total. The zero-order valence-electron chi connectivity index (χ0n) is 12.7. The van der Waals surface area contributed by atoms with E-state index in [-0.39, 0.29) is 19.6 Å². The molecule has 0 radical (unpaired) electrons. The lowest BCUT2D eigenvalue weighted by atomic mass is 10.3. The highest BCUT2D eigenvalue weighted by Gasteiger charge is 2.20. The van der Waals surface area contributed by atoms with Gasteiger partial charge in [0.1, 0.15) is 0 Å². The van der Waals surface area contributed by atoms with Crippen molar-refractivity contribution in [3.05, 3.63) is 60.2 Å². The van der Waals surface area contributed by atoms with Crippen LogP contribution >= 0.6 is 0 Å². The van der Waals surface area contributed by atoms with Crippen molar-refractivity contribution in [1.29, 1.82) is 0 Å². The van der Waals surface area contributed by atoms with E-state index in [1.165, 1.54) is 0 Å². The van der Waals surface area contributed by atoms with E-state index < -0.39 is 15.9 Å². The molecule has 0 unspecified atom stereocenters. The highest BCUT2D eigenvalue weighted by molar-refractivity contribution is 7.88. The third-order valence-electron chi connectivity index (χ3n) is 3.05. The number of hydrogen-bond donors (Lipinski definition) is 1. The number of rotatable bonds is 7. The van der Waals surface area contributed by atoms with Gasteiger partial charge in [-0.2, -0.15) is 4.31 Å². The van der Waals surface area contributed by atoms with Crippen LogP contribution in [0.1, 0.15) is 11.4 Å². The van der Waals surface area contributed by atoms with Gasteiger partial charge in [-0.05, 0) is 24.3 Å². The molecule has 1 amide bonds. The molecule has 122 valence electrons. The van der Waals surface area contributed by atoms with Crippen LogP contribution in [0.15, 0.2) is 48.8 Å². The smallest absolute Gasteiger partial charge is 0.235 e. The molecule has 0 aliphatic carbocycles. The first-order chi connectivity index (χ1) is 10.9. The molecule has 1 N–H and O–H groups in total. The molecule has 2 heterocycles. The Morgan fingerprint density at radius 1 is 1.09 bits per heavy atom. The molecule has 8 heteroatoms. The van der Waals surface area contributed by atoms with Crippen LogP contribution in [0, 0.1) is 0 Å². The van der Waals surface area contributed by atoms with E-state index in [0.29, 0.717) is 11.4 Å². The van der Waals surface area contributed by atoms with E-state index in [9.17, 15) is 13.2 Å². The molecule has 2 aromatic rings. The zero-order chi connectivity index (χ0) is 16.7. The number of carbonyl (C=O) groups is 1. The van der Waals surface area contributed by atoms with E-state index in [0.717, 1.165) is 10.6 Å². The molecule has 0 spiro atoms. The Hall–Kier alpha value is -2.32. The Kier molecular flexibility index (Phi) is 5.78. The number of sulfonamides is 1. The van der Waals surface area contributed by atoms with Gasteiger partial charge in [0.2, 0.25) is 15.9 Å². The SMILES string of the molecule is CS(=O)(=O)N(CC(=O)NCc1ccccn1)Cc1ccccn1. The van der Waals surface area contributed by atoms with Gasteiger partial charge in [0.15, 0.2) is 0 Å². The van der Waals surface area contributed by atoms with Crippen molar-refractivity contribution in [2.24, 2.45) is 0 Å². The average molecular weight is 334 g/mol. The maximum absolute atomic E-state index is 12.0. The maximum Gasteiger partial charge on any atom is 0.235 e. The van der Waals surface area contributed by atoms with E-state index in [4.69, 9.17) is 0 Å². The van der Waals surface area contributed by atoms with Gasteiger partial charge in [-0.3, -0.25) is 14.8 Å². The molecular formula is C15H18N4O3S. The van der Waals surface area contributed by atoms with Crippen LogP contribution in [0.25, 0.3) is 0 Å². The quantitative estimate of drug-likeness (QED) is 0.798. The summed E-state index contributed by atoms with van der Waals surface area (Å²) in [6.45, 7) is 0.0415. The number of carbonyl (C=O) groups excluding carboxylic acids is 1. The number of hydrogen-bond acceptors (Lipinski definition) is 5. The van der Waals surface area contributed by atoms with Crippen LogP contribution in [-0.2, 0) is 27.9 Å². The lowest BCUT2D eigenvalue weighted by Gasteiger charge is -2.19. The van der Waals surface area contributed by atoms with Crippen LogP contribution in [0.3, 0.4) is 0 Å². The summed E-state index contributed by atoms with van der Waals surface area (Å²) in [6, 6.07) is 10.6. The van der Waals surface area contributed by atoms with Crippen molar-refractivity contribution in [2.45, 2.75) is 13.1 Å². The first-order valence-electron chi connectivity index (χ1n) is 6.97. The van der Waals surface area contributed by atoms with Gasteiger partial charge in [0.05, 0.1) is 37.3 Å².